The molecule has 1 aromatic rings. The highest BCUT2D eigenvalue weighted by atomic mass is 32.2. The summed E-state index contributed by atoms with van der Waals surface area (Å²) in [5.74, 6) is 2.40. The molecule has 112 valence electrons. The van der Waals surface area contributed by atoms with Crippen molar-refractivity contribution in [2.24, 2.45) is 0 Å². The van der Waals surface area contributed by atoms with Crippen LogP contribution in [0.1, 0.15) is 12.2 Å². The summed E-state index contributed by atoms with van der Waals surface area (Å²) in [5.41, 5.74) is 0. The zero-order valence-electron chi connectivity index (χ0n) is 12.0. The molecular formula is C12H20N4O3S. The zero-order valence-corrected chi connectivity index (χ0v) is 12.8. The first-order valence-electron chi connectivity index (χ1n) is 6.43. The van der Waals surface area contributed by atoms with Gasteiger partial charge in [0.25, 0.3) is 0 Å². The van der Waals surface area contributed by atoms with Crippen molar-refractivity contribution in [3.63, 3.8) is 0 Å². The van der Waals surface area contributed by atoms with Crippen LogP contribution in [-0.2, 0) is 21.2 Å². The molecule has 1 unspecified atom stereocenters. The van der Waals surface area contributed by atoms with Crippen LogP contribution in [0.2, 0.25) is 0 Å². The Bertz CT molecular complexity index is 576. The molecule has 1 saturated heterocycles. The monoisotopic (exact) mass is 300 g/mol. The summed E-state index contributed by atoms with van der Waals surface area (Å²) in [6.45, 7) is 0.319. The van der Waals surface area contributed by atoms with Gasteiger partial charge in [-0.05, 0) is 6.42 Å². The minimum Gasteiger partial charge on any atom is -0.377 e. The molecule has 1 atom stereocenters. The lowest BCUT2D eigenvalue weighted by Gasteiger charge is -2.25. The van der Waals surface area contributed by atoms with Gasteiger partial charge >= 0.3 is 0 Å². The summed E-state index contributed by atoms with van der Waals surface area (Å²) >= 11 is 0. The van der Waals surface area contributed by atoms with Gasteiger partial charge in [0.2, 0.25) is 0 Å². The van der Waals surface area contributed by atoms with Crippen molar-refractivity contribution >= 4 is 21.5 Å². The second-order valence-corrected chi connectivity index (χ2v) is 7.11. The van der Waals surface area contributed by atoms with Crippen molar-refractivity contribution < 1.29 is 13.2 Å². The third-order valence-corrected chi connectivity index (χ3v) is 5.16. The van der Waals surface area contributed by atoms with Gasteiger partial charge in [-0.25, -0.2) is 18.4 Å². The van der Waals surface area contributed by atoms with Gasteiger partial charge in [-0.1, -0.05) is 0 Å². The van der Waals surface area contributed by atoms with E-state index in [-0.39, 0.29) is 17.5 Å². The lowest BCUT2D eigenvalue weighted by atomic mass is 10.2. The van der Waals surface area contributed by atoms with E-state index in [0.29, 0.717) is 30.5 Å². The number of aromatic nitrogens is 2. The lowest BCUT2D eigenvalue weighted by Crippen LogP contribution is -2.33. The van der Waals surface area contributed by atoms with Crippen molar-refractivity contribution in [1.29, 1.82) is 0 Å². The van der Waals surface area contributed by atoms with Crippen LogP contribution in [0.15, 0.2) is 6.07 Å². The van der Waals surface area contributed by atoms with Crippen molar-refractivity contribution in [2.75, 3.05) is 42.9 Å². The molecule has 7 nitrogen and oxygen atoms in total. The third kappa shape index (κ3) is 3.37. The molecule has 0 radical (unpaired) electrons. The van der Waals surface area contributed by atoms with E-state index in [4.69, 9.17) is 4.74 Å². The third-order valence-electron chi connectivity index (χ3n) is 3.41. The Hall–Kier alpha value is -1.41. The Labute approximate surface area is 119 Å². The van der Waals surface area contributed by atoms with E-state index in [2.05, 4.69) is 15.3 Å². The Morgan fingerprint density at radius 3 is 2.80 bits per heavy atom. The predicted octanol–water partition coefficient (Wildman–Crippen LogP) is 0.288. The molecule has 0 amide bonds. The standard InChI is InChI=1S/C12H20N4O3S/c1-13-10-6-12(15-11(14-10)7-19-3)16(2)9-4-5-20(17,18)8-9/h6,9H,4-5,7-8H2,1-3H3,(H,13,14,15). The van der Waals surface area contributed by atoms with Crippen LogP contribution in [0.5, 0.6) is 0 Å². The van der Waals surface area contributed by atoms with Crippen LogP contribution in [-0.4, -0.2) is 57.1 Å². The van der Waals surface area contributed by atoms with E-state index < -0.39 is 9.84 Å². The smallest absolute Gasteiger partial charge is 0.158 e. The van der Waals surface area contributed by atoms with Crippen LogP contribution in [0, 0.1) is 0 Å². The first-order valence-corrected chi connectivity index (χ1v) is 8.25. The summed E-state index contributed by atoms with van der Waals surface area (Å²) < 4.78 is 28.2. The molecule has 0 bridgehead atoms. The largest absolute Gasteiger partial charge is 0.377 e. The molecule has 8 heteroatoms. The predicted molar refractivity (Wildman–Crippen MR) is 77.8 cm³/mol. The Balaban J connectivity index is 2.24. The Kier molecular flexibility index (Phi) is 4.44. The average Bonchev–Trinajstić information content (AvgIpc) is 2.78. The highest BCUT2D eigenvalue weighted by Crippen LogP contribution is 2.23. The first kappa shape index (κ1) is 15.0. The van der Waals surface area contributed by atoms with Gasteiger partial charge in [-0.15, -0.1) is 0 Å². The molecule has 0 spiro atoms. The van der Waals surface area contributed by atoms with E-state index in [1.54, 1.807) is 14.2 Å². The Morgan fingerprint density at radius 2 is 2.25 bits per heavy atom. The van der Waals surface area contributed by atoms with E-state index in [9.17, 15) is 8.42 Å². The van der Waals surface area contributed by atoms with E-state index in [1.165, 1.54) is 0 Å². The highest BCUT2D eigenvalue weighted by molar-refractivity contribution is 7.91. The minimum absolute atomic E-state index is 0.0324. The fourth-order valence-corrected chi connectivity index (χ4v) is 4.03. The van der Waals surface area contributed by atoms with E-state index in [1.807, 2.05) is 18.0 Å². The number of methoxy groups -OCH3 is 1. The van der Waals surface area contributed by atoms with Crippen molar-refractivity contribution in [2.45, 2.75) is 19.1 Å². The molecule has 2 rings (SSSR count). The second-order valence-electron chi connectivity index (χ2n) is 4.88. The molecule has 1 aliphatic heterocycles. The van der Waals surface area contributed by atoms with Crippen molar-refractivity contribution in [3.05, 3.63) is 11.9 Å². The van der Waals surface area contributed by atoms with Crippen molar-refractivity contribution in [3.8, 4) is 0 Å². The zero-order chi connectivity index (χ0) is 14.8. The van der Waals surface area contributed by atoms with Crippen LogP contribution in [0.4, 0.5) is 11.6 Å². The summed E-state index contributed by atoms with van der Waals surface area (Å²) in [6.07, 6.45) is 0.636. The van der Waals surface area contributed by atoms with E-state index in [0.717, 1.165) is 0 Å². The minimum atomic E-state index is -2.91. The highest BCUT2D eigenvalue weighted by Gasteiger charge is 2.31. The number of hydrogen-bond acceptors (Lipinski definition) is 7. The molecule has 0 aromatic carbocycles. The maximum Gasteiger partial charge on any atom is 0.158 e. The maximum absolute atomic E-state index is 11.6. The second kappa shape index (κ2) is 5.92. The summed E-state index contributed by atoms with van der Waals surface area (Å²) in [6, 6.07) is 1.78. The molecule has 1 N–H and O–H groups in total. The molecule has 2 heterocycles. The number of ether oxygens (including phenoxy) is 1. The molecule has 1 aliphatic rings. The molecule has 1 fully saturated rings. The number of rotatable bonds is 5. The summed E-state index contributed by atoms with van der Waals surface area (Å²) in [4.78, 5) is 10.6. The summed E-state index contributed by atoms with van der Waals surface area (Å²) in [5, 5.41) is 2.98. The SMILES string of the molecule is CNc1cc(N(C)C2CCS(=O)(=O)C2)nc(COC)n1. The van der Waals surface area contributed by atoms with Gasteiger partial charge in [-0.2, -0.15) is 0 Å². The van der Waals surface area contributed by atoms with Crippen LogP contribution in [0.3, 0.4) is 0 Å². The molecule has 20 heavy (non-hydrogen) atoms. The van der Waals surface area contributed by atoms with E-state index >= 15 is 0 Å². The fourth-order valence-electron chi connectivity index (χ4n) is 2.25. The molecular weight excluding hydrogens is 280 g/mol. The maximum atomic E-state index is 11.6. The van der Waals surface area contributed by atoms with Gasteiger partial charge in [-0.3, -0.25) is 0 Å². The number of nitrogens with zero attached hydrogens (tertiary/aromatic N) is 3. The van der Waals surface area contributed by atoms with Crippen LogP contribution < -0.4 is 10.2 Å². The molecule has 0 saturated carbocycles. The lowest BCUT2D eigenvalue weighted by molar-refractivity contribution is 0.178. The number of anilines is 2. The topological polar surface area (TPSA) is 84.4 Å². The summed E-state index contributed by atoms with van der Waals surface area (Å²) in [7, 11) is 2.32. The fraction of sp³-hybridized carbons (Fsp3) is 0.667. The van der Waals surface area contributed by atoms with Crippen molar-refractivity contribution in [1.82, 2.24) is 9.97 Å². The van der Waals surface area contributed by atoms with Gasteiger partial charge in [0.15, 0.2) is 15.7 Å². The molecule has 0 aliphatic carbocycles. The number of sulfone groups is 1. The van der Waals surface area contributed by atoms with Gasteiger partial charge in [0.05, 0.1) is 11.5 Å². The Morgan fingerprint density at radius 1 is 1.50 bits per heavy atom. The van der Waals surface area contributed by atoms with Gasteiger partial charge < -0.3 is 15.0 Å². The first-order chi connectivity index (χ1) is 9.45. The average molecular weight is 300 g/mol. The number of hydrogen-bond donors (Lipinski definition) is 1. The molecule has 1 aromatic heterocycles. The normalized spacial score (nSPS) is 20.9. The number of nitrogens with one attached hydrogen (secondary N) is 1. The quantitative estimate of drug-likeness (QED) is 0.836. The van der Waals surface area contributed by atoms with Crippen LogP contribution in [0.25, 0.3) is 0 Å². The van der Waals surface area contributed by atoms with Crippen LogP contribution >= 0.6 is 0 Å². The van der Waals surface area contributed by atoms with Gasteiger partial charge in [0.1, 0.15) is 18.2 Å². The van der Waals surface area contributed by atoms with Gasteiger partial charge in [0, 0.05) is 33.3 Å².